The summed E-state index contributed by atoms with van der Waals surface area (Å²) in [6.45, 7) is -4.08. The highest BCUT2D eigenvalue weighted by Crippen LogP contribution is 2.68. The molecule has 0 aliphatic heterocycles. The molecule has 0 radical (unpaired) electrons. The number of nitrogens with one attached hydrogen (secondary N) is 1. The number of ether oxygens (including phenoxy) is 1. The maximum absolute atomic E-state index is 15.7. The number of alkyl halides is 8. The summed E-state index contributed by atoms with van der Waals surface area (Å²) in [5.41, 5.74) is -6.75. The molecule has 7 rings (SSSR count). The number of halogens is 11. The van der Waals surface area contributed by atoms with E-state index in [1.165, 1.54) is 13.8 Å². The molecule has 21 nitrogen and oxygen atoms in total. The molecule has 1 fully saturated rings. The number of hydrogen-bond donors (Lipinski definition) is 3. The predicted octanol–water partition coefficient (Wildman–Crippen LogP) is 7.29. The minimum absolute atomic E-state index is 0.117. The van der Waals surface area contributed by atoms with E-state index in [2.05, 4.69) is 36.9 Å². The van der Waals surface area contributed by atoms with E-state index in [4.69, 9.17) is 16.3 Å². The van der Waals surface area contributed by atoms with Crippen molar-refractivity contribution in [2.24, 2.45) is 5.92 Å². The van der Waals surface area contributed by atoms with Crippen LogP contribution in [0.1, 0.15) is 72.6 Å². The number of fused-ring (bicyclic) bond motifs is 4. The molecule has 2 aliphatic carbocycles. The number of carbonyl (C=O) groups excluding carboxylic acids is 3. The van der Waals surface area contributed by atoms with Crippen molar-refractivity contribution in [3.05, 3.63) is 93.0 Å². The van der Waals surface area contributed by atoms with Crippen LogP contribution in [0.2, 0.25) is 5.02 Å². The van der Waals surface area contributed by atoms with E-state index in [0.717, 1.165) is 42.7 Å². The summed E-state index contributed by atoms with van der Waals surface area (Å²) >= 11 is 6.66. The van der Waals surface area contributed by atoms with Crippen LogP contribution in [-0.4, -0.2) is 130 Å². The molecule has 2 aliphatic rings. The Bertz CT molecular complexity index is 3770. The molecule has 35 heteroatoms. The monoisotopic (exact) mass is 1250 g/mol. The number of carbonyl (C=O) groups is 4. The number of benzene rings is 2. The lowest BCUT2D eigenvalue weighted by atomic mass is 9.93. The summed E-state index contributed by atoms with van der Waals surface area (Å²) in [6.07, 6.45) is -13.0. The maximum atomic E-state index is 15.7. The second-order valence-corrected chi connectivity index (χ2v) is 26.1. The van der Waals surface area contributed by atoms with E-state index in [-0.39, 0.29) is 31.3 Å². The number of aromatic nitrogens is 5. The molecular formula is C47H44ClF10N8O13PS2. The Balaban J connectivity index is 1.46. The third kappa shape index (κ3) is 14.0. The highest BCUT2D eigenvalue weighted by atomic mass is 35.5. The molecule has 82 heavy (non-hydrogen) atoms. The van der Waals surface area contributed by atoms with Gasteiger partial charge in [0.15, 0.2) is 21.3 Å². The molecule has 3 amide bonds. The van der Waals surface area contributed by atoms with Crippen LogP contribution in [0.4, 0.5) is 54.5 Å². The summed E-state index contributed by atoms with van der Waals surface area (Å²) in [5, 5.41) is 17.5. The second kappa shape index (κ2) is 22.4. The minimum atomic E-state index is -5.28. The number of aliphatic carboxylic acids is 1. The highest BCUT2D eigenvalue weighted by Gasteiger charge is 2.68. The number of pyridine rings is 1. The van der Waals surface area contributed by atoms with E-state index in [1.54, 1.807) is 0 Å². The van der Waals surface area contributed by atoms with Gasteiger partial charge in [0.2, 0.25) is 22.7 Å². The minimum Gasteiger partial charge on any atom is -0.481 e. The Morgan fingerprint density at radius 3 is 2.18 bits per heavy atom. The first-order valence-corrected chi connectivity index (χ1v) is 29.6. The molecule has 0 saturated heterocycles. The van der Waals surface area contributed by atoms with E-state index >= 15 is 8.78 Å². The molecule has 444 valence electrons. The third-order valence-corrected chi connectivity index (χ3v) is 16.6. The zero-order chi connectivity index (χ0) is 61.2. The van der Waals surface area contributed by atoms with Crippen molar-refractivity contribution in [1.82, 2.24) is 34.8 Å². The van der Waals surface area contributed by atoms with Crippen molar-refractivity contribution < 1.29 is 104 Å². The van der Waals surface area contributed by atoms with Gasteiger partial charge >= 0.3 is 32.0 Å². The van der Waals surface area contributed by atoms with Gasteiger partial charge in [-0.1, -0.05) is 23.6 Å². The number of amides is 3. The van der Waals surface area contributed by atoms with Crippen LogP contribution in [0.25, 0.3) is 22.0 Å². The zero-order valence-electron chi connectivity index (χ0n) is 42.9. The first-order chi connectivity index (χ1) is 37.6. The van der Waals surface area contributed by atoms with E-state index in [1.807, 2.05) is 0 Å². The van der Waals surface area contributed by atoms with Crippen molar-refractivity contribution in [2.75, 3.05) is 43.4 Å². The lowest BCUT2D eigenvalue weighted by Crippen LogP contribution is -2.46. The summed E-state index contributed by atoms with van der Waals surface area (Å²) in [4.78, 5) is 67.3. The van der Waals surface area contributed by atoms with E-state index in [0.29, 0.717) is 23.9 Å². The van der Waals surface area contributed by atoms with Crippen molar-refractivity contribution in [1.29, 1.82) is 0 Å². The number of sulfone groups is 1. The molecule has 5 aromatic rings. The smallest absolute Gasteiger partial charge is 0.435 e. The normalized spacial score (nSPS) is 17.0. The van der Waals surface area contributed by atoms with Crippen LogP contribution in [0.3, 0.4) is 0 Å². The Kier molecular flexibility index (Phi) is 17.1. The van der Waals surface area contributed by atoms with Gasteiger partial charge in [0.25, 0.3) is 11.8 Å². The molecule has 1 unspecified atom stereocenters. The van der Waals surface area contributed by atoms with Crippen LogP contribution < -0.4 is 9.62 Å². The SMILES string of the molecule is CC(C)(C#Cc1ccc(-c2ccc(Cl)c3c(N(C(=O)CN(CCC(=O)O)C(=O)OCOP(C)(=O)O)S(C)(=O)=O)nn(CC(F)(F)F)c23)c([C@H](Cc2cc(F)cc(F)c2)NC(=O)Cn2nc(C(F)(F)F)c3c2C(F)(F)[C@@H]2C[C@H]32)n1)S(C)(=O)=O. The zero-order valence-corrected chi connectivity index (χ0v) is 46.2. The number of rotatable bonds is 19. The molecule has 0 bridgehead atoms. The van der Waals surface area contributed by atoms with Crippen molar-refractivity contribution >= 4 is 79.7 Å². The van der Waals surface area contributed by atoms with Gasteiger partial charge in [-0.25, -0.2) is 35.4 Å². The van der Waals surface area contributed by atoms with Crippen LogP contribution in [0, 0.1) is 29.4 Å². The summed E-state index contributed by atoms with van der Waals surface area (Å²) < 4.78 is 220. The lowest BCUT2D eigenvalue weighted by molar-refractivity contribution is -0.143. The van der Waals surface area contributed by atoms with Gasteiger partial charge < -0.3 is 20.1 Å². The fourth-order valence-electron chi connectivity index (χ4n) is 8.82. The summed E-state index contributed by atoms with van der Waals surface area (Å²) in [6, 6.07) is 4.10. The Morgan fingerprint density at radius 1 is 0.976 bits per heavy atom. The number of nitrogens with zero attached hydrogens (tertiary/aromatic N) is 7. The first kappa shape index (κ1) is 62.7. The molecule has 2 aromatic carbocycles. The van der Waals surface area contributed by atoms with Crippen LogP contribution >= 0.6 is 19.2 Å². The molecular weight excluding hydrogens is 1210 g/mol. The van der Waals surface area contributed by atoms with Crippen molar-refractivity contribution in [3.8, 4) is 23.0 Å². The number of anilines is 1. The maximum Gasteiger partial charge on any atom is 0.435 e. The van der Waals surface area contributed by atoms with Gasteiger partial charge in [0.1, 0.15) is 47.4 Å². The molecule has 4 atom stereocenters. The predicted molar refractivity (Wildman–Crippen MR) is 267 cm³/mol. The van der Waals surface area contributed by atoms with Gasteiger partial charge in [-0.3, -0.25) is 37.7 Å². The van der Waals surface area contributed by atoms with Gasteiger partial charge in [-0.05, 0) is 74.4 Å². The fraction of sp³-hybridized carbons (Fsp3) is 0.426. The second-order valence-electron chi connectivity index (χ2n) is 19.5. The summed E-state index contributed by atoms with van der Waals surface area (Å²) in [5.74, 6) is -10.0. The third-order valence-electron chi connectivity index (χ3n) is 12.7. The van der Waals surface area contributed by atoms with Crippen molar-refractivity contribution in [2.45, 2.75) is 81.2 Å². The Morgan fingerprint density at radius 2 is 1.61 bits per heavy atom. The lowest BCUT2D eigenvalue weighted by Gasteiger charge is -2.25. The average molecular weight is 1250 g/mol. The first-order valence-electron chi connectivity index (χ1n) is 23.5. The Hall–Kier alpha value is -6.85. The highest BCUT2D eigenvalue weighted by molar-refractivity contribution is 7.93. The van der Waals surface area contributed by atoms with Crippen LogP contribution in [0.5, 0.6) is 0 Å². The molecule has 0 spiro atoms. The van der Waals surface area contributed by atoms with Crippen LogP contribution in [0.15, 0.2) is 42.5 Å². The molecule has 1 saturated carbocycles. The number of carboxylic acid groups (broad SMARTS) is 1. The van der Waals surface area contributed by atoms with Gasteiger partial charge in [-0.15, -0.1) is 0 Å². The average Bonchev–Trinajstić information content (AvgIpc) is 2.96. The summed E-state index contributed by atoms with van der Waals surface area (Å²) in [7, 11) is -13.4. The van der Waals surface area contributed by atoms with E-state index in [9.17, 15) is 85.7 Å². The standard InChI is InChI=1S/C47H44ClF10N8O13PS2/c1-44(2,81(4,74)75)12-10-26-6-7-27(38(59-26)32(16-23-14-24(49)17-25(50)15-23)60-33(67)19-64-41-36(40(61-64)47(56,57)58)29-18-30(29)46(41,54)55)28-8-9-31(48)37-39(28)65(21-45(51,52)53)62-42(37)66(82(5,76)77)34(68)20-63(13-11-35(69)70)43(71)78-22-79-80(3,72)73/h6-9,14-15,17,29-30,32H,11,13,16,18-22H2,1-5H3,(H,60,67)(H,69,70)(H,72,73)/t29-,30+,32-/m0/s1. The topological polar surface area (TPSA) is 280 Å². The fourth-order valence-corrected chi connectivity index (χ4v) is 10.4. The van der Waals surface area contributed by atoms with E-state index < -0.39 is 205 Å². The van der Waals surface area contributed by atoms with Crippen molar-refractivity contribution in [3.63, 3.8) is 0 Å². The number of hydrogen-bond acceptors (Lipinski definition) is 14. The largest absolute Gasteiger partial charge is 0.481 e. The van der Waals surface area contributed by atoms with Gasteiger partial charge in [-0.2, -0.15) is 49.6 Å². The van der Waals surface area contributed by atoms with Gasteiger partial charge in [0, 0.05) is 48.1 Å². The molecule has 3 heterocycles. The molecule has 3 N–H and O–H groups in total. The number of carboxylic acids is 1. The number of sulfonamides is 1. The Labute approximate surface area is 463 Å². The van der Waals surface area contributed by atoms with Gasteiger partial charge in [0.05, 0.1) is 40.3 Å². The molecule has 3 aromatic heterocycles. The van der Waals surface area contributed by atoms with Crippen LogP contribution in [-0.2, 0) is 79.7 Å². The quantitative estimate of drug-likeness (QED) is 0.0317.